The van der Waals surface area contributed by atoms with Crippen LogP contribution < -0.4 is 24.8 Å². The monoisotopic (exact) mass is 784 g/mol. The Labute approximate surface area is 321 Å². The van der Waals surface area contributed by atoms with Gasteiger partial charge in [-0.15, -0.1) is 6.58 Å². The molecule has 0 spiro atoms. The van der Waals surface area contributed by atoms with Gasteiger partial charge in [0.15, 0.2) is 0 Å². The molecule has 3 aliphatic rings. The zero-order valence-electron chi connectivity index (χ0n) is 32.6. The second-order valence-electron chi connectivity index (χ2n) is 15.9. The van der Waals surface area contributed by atoms with Gasteiger partial charge in [-0.05, 0) is 60.2 Å². The molecule has 1 unspecified atom stereocenters. The van der Waals surface area contributed by atoms with Crippen molar-refractivity contribution in [3.05, 3.63) is 43.1 Å². The molecule has 16 nitrogen and oxygen atoms in total. The number of hydrogen-bond donors (Lipinski definition) is 3. The molecule has 5 rings (SSSR count). The van der Waals surface area contributed by atoms with E-state index >= 15 is 0 Å². The number of carbonyl (C=O) groups excluding carboxylic acids is 5. The highest BCUT2D eigenvalue weighted by Gasteiger charge is 2.62. The number of amides is 5. The number of likely N-dealkylation sites (N-methyl/N-ethyl adjacent to an activating group) is 1. The van der Waals surface area contributed by atoms with Crippen molar-refractivity contribution in [3.8, 4) is 11.6 Å². The maximum atomic E-state index is 14.7. The summed E-state index contributed by atoms with van der Waals surface area (Å²) in [6.07, 6.45) is 3.25. The fourth-order valence-electron chi connectivity index (χ4n) is 7.07. The summed E-state index contributed by atoms with van der Waals surface area (Å²) >= 11 is 0. The molecule has 2 aliphatic carbocycles. The fraction of sp³-hybridized carbons (Fsp3) is 0.579. The SMILES string of the molecule is C=C[C@@H]1C[C@]1(NC(=O)[C@@H]1C[C@@H](Oc2nccc3cc(OC)ccc23)CN1C(=O)C(NC(=O)N(C)[C@H](C(=O)OC)C(C)C)C(C)(C)C)C(=O)NS(=O)(=O)C1CC1. The lowest BCUT2D eigenvalue weighted by molar-refractivity contribution is -0.147. The van der Waals surface area contributed by atoms with Gasteiger partial charge in [0.25, 0.3) is 5.91 Å². The number of nitrogens with zero attached hydrogens (tertiary/aromatic N) is 3. The molecule has 300 valence electrons. The summed E-state index contributed by atoms with van der Waals surface area (Å²) in [7, 11) is 0.289. The number of nitrogens with one attached hydrogen (secondary N) is 3. The van der Waals surface area contributed by atoms with E-state index in [1.807, 2.05) is 6.07 Å². The van der Waals surface area contributed by atoms with Gasteiger partial charge in [-0.1, -0.05) is 40.7 Å². The Morgan fingerprint density at radius 2 is 1.80 bits per heavy atom. The van der Waals surface area contributed by atoms with Crippen molar-refractivity contribution < 1.29 is 46.6 Å². The zero-order chi connectivity index (χ0) is 40.6. The summed E-state index contributed by atoms with van der Waals surface area (Å²) in [6.45, 7) is 12.4. The molecule has 1 saturated heterocycles. The molecule has 0 bridgehead atoms. The Bertz CT molecular complexity index is 1960. The van der Waals surface area contributed by atoms with Crippen molar-refractivity contribution in [2.75, 3.05) is 27.8 Å². The first kappa shape index (κ1) is 41.2. The highest BCUT2D eigenvalue weighted by molar-refractivity contribution is 7.91. The maximum Gasteiger partial charge on any atom is 0.328 e. The second-order valence-corrected chi connectivity index (χ2v) is 17.9. The highest BCUT2D eigenvalue weighted by atomic mass is 32.2. The quantitative estimate of drug-likeness (QED) is 0.188. The lowest BCUT2D eigenvalue weighted by Gasteiger charge is -2.37. The summed E-state index contributed by atoms with van der Waals surface area (Å²) in [5.74, 6) is -2.78. The van der Waals surface area contributed by atoms with E-state index in [0.717, 1.165) is 5.39 Å². The fourth-order valence-corrected chi connectivity index (χ4v) is 8.43. The van der Waals surface area contributed by atoms with E-state index in [0.29, 0.717) is 24.0 Å². The predicted octanol–water partition coefficient (Wildman–Crippen LogP) is 2.51. The minimum absolute atomic E-state index is 0.0227. The van der Waals surface area contributed by atoms with E-state index in [1.54, 1.807) is 66.1 Å². The van der Waals surface area contributed by atoms with Crippen LogP contribution in [0.5, 0.6) is 11.6 Å². The van der Waals surface area contributed by atoms with Crippen LogP contribution in [0.4, 0.5) is 4.79 Å². The molecule has 1 aromatic carbocycles. The van der Waals surface area contributed by atoms with E-state index in [2.05, 4.69) is 26.9 Å². The average molecular weight is 785 g/mol. The third-order valence-corrected chi connectivity index (χ3v) is 12.3. The van der Waals surface area contributed by atoms with Gasteiger partial charge < -0.3 is 34.6 Å². The number of esters is 1. The van der Waals surface area contributed by atoms with Crippen molar-refractivity contribution in [3.63, 3.8) is 0 Å². The Hall–Kier alpha value is -4.93. The Morgan fingerprint density at radius 1 is 1.11 bits per heavy atom. The van der Waals surface area contributed by atoms with E-state index in [-0.39, 0.29) is 31.2 Å². The van der Waals surface area contributed by atoms with Crippen LogP contribution in [0.2, 0.25) is 0 Å². The maximum absolute atomic E-state index is 14.7. The number of pyridine rings is 1. The van der Waals surface area contributed by atoms with Gasteiger partial charge in [0.05, 0.1) is 26.0 Å². The third-order valence-electron chi connectivity index (χ3n) is 10.5. The molecule has 2 heterocycles. The molecule has 55 heavy (non-hydrogen) atoms. The van der Waals surface area contributed by atoms with Crippen molar-refractivity contribution in [2.24, 2.45) is 17.3 Å². The number of benzene rings is 1. The van der Waals surface area contributed by atoms with E-state index < -0.39 is 86.1 Å². The number of hydrogen-bond acceptors (Lipinski definition) is 11. The van der Waals surface area contributed by atoms with Crippen LogP contribution in [0.15, 0.2) is 43.1 Å². The molecule has 2 aromatic rings. The van der Waals surface area contributed by atoms with E-state index in [9.17, 15) is 32.4 Å². The number of rotatable bonds is 14. The van der Waals surface area contributed by atoms with Crippen LogP contribution in [-0.2, 0) is 33.9 Å². The summed E-state index contributed by atoms with van der Waals surface area (Å²) < 4.78 is 44.3. The summed E-state index contributed by atoms with van der Waals surface area (Å²) in [6, 6.07) is 3.10. The van der Waals surface area contributed by atoms with E-state index in [1.165, 1.54) is 30.0 Å². The summed E-state index contributed by atoms with van der Waals surface area (Å²) in [5, 5.41) is 6.35. The summed E-state index contributed by atoms with van der Waals surface area (Å²) in [5.41, 5.74) is -2.49. The molecule has 1 aliphatic heterocycles. The number of urea groups is 1. The first-order chi connectivity index (χ1) is 25.8. The molecular formula is C38H52N6O10S. The Balaban J connectivity index is 1.46. The lowest BCUT2D eigenvalue weighted by Crippen LogP contribution is -2.62. The first-order valence-electron chi connectivity index (χ1n) is 18.3. The smallest absolute Gasteiger partial charge is 0.328 e. The molecule has 3 N–H and O–H groups in total. The van der Waals surface area contributed by atoms with Gasteiger partial charge in [-0.25, -0.2) is 23.0 Å². The number of sulfonamides is 1. The molecule has 5 amide bonds. The van der Waals surface area contributed by atoms with Crippen LogP contribution in [0.1, 0.15) is 60.3 Å². The van der Waals surface area contributed by atoms with Crippen LogP contribution in [0.25, 0.3) is 10.8 Å². The van der Waals surface area contributed by atoms with Crippen LogP contribution in [0.3, 0.4) is 0 Å². The van der Waals surface area contributed by atoms with Gasteiger partial charge in [-0.2, -0.15) is 0 Å². The van der Waals surface area contributed by atoms with E-state index in [4.69, 9.17) is 14.2 Å². The second kappa shape index (κ2) is 15.7. The summed E-state index contributed by atoms with van der Waals surface area (Å²) in [4.78, 5) is 75.8. The van der Waals surface area contributed by atoms with Gasteiger partial charge in [0.1, 0.15) is 35.5 Å². The lowest BCUT2D eigenvalue weighted by atomic mass is 9.85. The molecule has 2 saturated carbocycles. The first-order valence-corrected chi connectivity index (χ1v) is 19.8. The molecule has 6 atom stereocenters. The standard InChI is InChI=1S/C38H52N6O10S/c1-10-23-19-38(23,35(48)42-55(50,51)26-12-13-26)41-31(45)28-18-25(54-32-27-14-11-24(52-8)17-22(27)15-16-39-32)20-44(28)33(46)30(37(4,5)6)40-36(49)43(7)29(21(2)3)34(47)53-9/h10-11,14-17,21,23,25-26,28-30H,1,12-13,18-20H2,2-9H3,(H,40,49)(H,41,45)(H,42,48)/t23-,25-,28+,29+,30?,38-/m1/s1. The largest absolute Gasteiger partial charge is 0.497 e. The minimum Gasteiger partial charge on any atom is -0.497 e. The molecule has 3 fully saturated rings. The third kappa shape index (κ3) is 8.66. The highest BCUT2D eigenvalue weighted by Crippen LogP contribution is 2.45. The molecule has 17 heteroatoms. The molecular weight excluding hydrogens is 733 g/mol. The molecule has 0 radical (unpaired) electrons. The average Bonchev–Trinajstić information content (AvgIpc) is 4.06. The zero-order valence-corrected chi connectivity index (χ0v) is 33.4. The van der Waals surface area contributed by atoms with Crippen LogP contribution in [-0.4, -0.2) is 116 Å². The van der Waals surface area contributed by atoms with Gasteiger partial charge in [0.2, 0.25) is 27.7 Å². The number of fused-ring (bicyclic) bond motifs is 1. The number of carbonyl (C=O) groups is 5. The minimum atomic E-state index is -3.93. The number of methoxy groups -OCH3 is 2. The Morgan fingerprint density at radius 3 is 2.36 bits per heavy atom. The Kier molecular flexibility index (Phi) is 11.7. The van der Waals surface area contributed by atoms with Crippen molar-refractivity contribution in [2.45, 2.75) is 95.3 Å². The van der Waals surface area contributed by atoms with Crippen molar-refractivity contribution in [1.82, 2.24) is 30.1 Å². The van der Waals surface area contributed by atoms with Crippen molar-refractivity contribution >= 4 is 50.5 Å². The number of likely N-dealkylation sites (tertiary alicyclic amines) is 1. The van der Waals surface area contributed by atoms with Gasteiger partial charge in [0, 0.05) is 31.0 Å². The number of aromatic nitrogens is 1. The number of ether oxygens (including phenoxy) is 3. The van der Waals surface area contributed by atoms with Crippen molar-refractivity contribution in [1.29, 1.82) is 0 Å². The van der Waals surface area contributed by atoms with Gasteiger partial charge in [-0.3, -0.25) is 19.1 Å². The van der Waals surface area contributed by atoms with Crippen LogP contribution in [0, 0.1) is 17.3 Å². The van der Waals surface area contributed by atoms with Gasteiger partial charge >= 0.3 is 12.0 Å². The predicted molar refractivity (Wildman–Crippen MR) is 202 cm³/mol. The van der Waals surface area contributed by atoms with Crippen LogP contribution >= 0.6 is 0 Å². The topological polar surface area (TPSA) is 203 Å². The normalized spacial score (nSPS) is 23.3. The molecule has 1 aromatic heterocycles.